The molecule has 0 radical (unpaired) electrons. The lowest BCUT2D eigenvalue weighted by Crippen LogP contribution is -2.29. The highest BCUT2D eigenvalue weighted by Gasteiger charge is 2.23. The van der Waals surface area contributed by atoms with Crippen molar-refractivity contribution in [2.24, 2.45) is 0 Å². The van der Waals surface area contributed by atoms with E-state index in [2.05, 4.69) is 4.98 Å². The third kappa shape index (κ3) is 2.64. The number of ether oxygens (including phenoxy) is 2. The minimum absolute atomic E-state index is 0.177. The second-order valence-corrected chi connectivity index (χ2v) is 4.16. The molecule has 0 amide bonds. The van der Waals surface area contributed by atoms with Crippen molar-refractivity contribution in [1.82, 2.24) is 4.98 Å². The Bertz CT molecular complexity index is 344. The summed E-state index contributed by atoms with van der Waals surface area (Å²) >= 11 is 0. The van der Waals surface area contributed by atoms with Gasteiger partial charge in [-0.25, -0.2) is 4.98 Å². The van der Waals surface area contributed by atoms with Gasteiger partial charge >= 0.3 is 0 Å². The lowest BCUT2D eigenvalue weighted by atomic mass is 9.95. The van der Waals surface area contributed by atoms with Crippen LogP contribution in [0.15, 0.2) is 18.3 Å². The number of nitrogens with zero attached hydrogens (tertiary/aromatic N) is 1. The smallest absolute Gasteiger partial charge is 0.237 e. The molecule has 0 saturated heterocycles. The van der Waals surface area contributed by atoms with Crippen LogP contribution in [0.3, 0.4) is 0 Å². The lowest BCUT2D eigenvalue weighted by Gasteiger charge is -2.28. The summed E-state index contributed by atoms with van der Waals surface area (Å²) in [6.07, 6.45) is 6.41. The zero-order chi connectivity index (χ0) is 11.4. The van der Waals surface area contributed by atoms with Crippen molar-refractivity contribution < 1.29 is 9.47 Å². The van der Waals surface area contributed by atoms with E-state index in [4.69, 9.17) is 15.2 Å². The van der Waals surface area contributed by atoms with Crippen LogP contribution < -0.4 is 10.5 Å². The Labute approximate surface area is 95.8 Å². The molecule has 1 aliphatic rings. The zero-order valence-electron chi connectivity index (χ0n) is 9.56. The molecule has 0 aromatic carbocycles. The first-order valence-corrected chi connectivity index (χ1v) is 5.69. The molecule has 88 valence electrons. The molecule has 1 aromatic heterocycles. The quantitative estimate of drug-likeness (QED) is 0.849. The Balaban J connectivity index is 1.97. The van der Waals surface area contributed by atoms with Gasteiger partial charge < -0.3 is 15.2 Å². The Hall–Kier alpha value is -1.29. The molecule has 1 aliphatic carbocycles. The first-order chi connectivity index (χ1) is 7.79. The minimum Gasteiger partial charge on any atom is -0.473 e. The Morgan fingerprint density at radius 2 is 2.19 bits per heavy atom. The predicted octanol–water partition coefficient (Wildman–Crippen LogP) is 2.00. The van der Waals surface area contributed by atoms with Crippen molar-refractivity contribution >= 4 is 5.69 Å². The van der Waals surface area contributed by atoms with Gasteiger partial charge in [0.25, 0.3) is 0 Å². The van der Waals surface area contributed by atoms with Crippen molar-refractivity contribution in [3.63, 3.8) is 0 Å². The van der Waals surface area contributed by atoms with E-state index >= 15 is 0 Å². The van der Waals surface area contributed by atoms with Gasteiger partial charge in [-0.05, 0) is 31.4 Å². The monoisotopic (exact) mass is 222 g/mol. The molecule has 1 heterocycles. The number of nitrogens with two attached hydrogens (primary N) is 1. The highest BCUT2D eigenvalue weighted by Crippen LogP contribution is 2.26. The van der Waals surface area contributed by atoms with E-state index in [9.17, 15) is 0 Å². The lowest BCUT2D eigenvalue weighted by molar-refractivity contribution is 0.0198. The Kier molecular flexibility index (Phi) is 3.62. The molecule has 2 N–H and O–H groups in total. The summed E-state index contributed by atoms with van der Waals surface area (Å²) in [5, 5.41) is 0. The molecule has 1 saturated carbocycles. The highest BCUT2D eigenvalue weighted by molar-refractivity contribution is 5.46. The molecule has 0 aliphatic heterocycles. The second-order valence-electron chi connectivity index (χ2n) is 4.16. The van der Waals surface area contributed by atoms with Crippen LogP contribution in [0.1, 0.15) is 25.7 Å². The normalized spacial score (nSPS) is 25.3. The van der Waals surface area contributed by atoms with E-state index < -0.39 is 0 Å². The van der Waals surface area contributed by atoms with E-state index in [0.717, 1.165) is 25.7 Å². The summed E-state index contributed by atoms with van der Waals surface area (Å²) in [6, 6.07) is 3.61. The van der Waals surface area contributed by atoms with Gasteiger partial charge in [-0.2, -0.15) is 0 Å². The minimum atomic E-state index is 0.177. The van der Waals surface area contributed by atoms with E-state index in [1.54, 1.807) is 25.4 Å². The van der Waals surface area contributed by atoms with Gasteiger partial charge in [0.2, 0.25) is 5.88 Å². The van der Waals surface area contributed by atoms with Crippen LogP contribution in [0.25, 0.3) is 0 Å². The van der Waals surface area contributed by atoms with E-state index in [1.807, 2.05) is 0 Å². The number of hydrogen-bond acceptors (Lipinski definition) is 4. The summed E-state index contributed by atoms with van der Waals surface area (Å²) < 4.78 is 11.2. The molecule has 2 atom stereocenters. The zero-order valence-corrected chi connectivity index (χ0v) is 9.56. The summed E-state index contributed by atoms with van der Waals surface area (Å²) in [4.78, 5) is 4.14. The molecule has 4 heteroatoms. The van der Waals surface area contributed by atoms with Crippen molar-refractivity contribution in [2.75, 3.05) is 12.8 Å². The van der Waals surface area contributed by atoms with Crippen molar-refractivity contribution in [2.45, 2.75) is 37.9 Å². The van der Waals surface area contributed by atoms with E-state index in [1.165, 1.54) is 0 Å². The van der Waals surface area contributed by atoms with Crippen molar-refractivity contribution in [1.29, 1.82) is 0 Å². The number of hydrogen-bond donors (Lipinski definition) is 1. The first kappa shape index (κ1) is 11.2. The van der Waals surface area contributed by atoms with Gasteiger partial charge in [0.05, 0.1) is 11.8 Å². The molecular formula is C12H18N2O2. The fraction of sp³-hybridized carbons (Fsp3) is 0.583. The Morgan fingerprint density at radius 1 is 1.38 bits per heavy atom. The number of aromatic nitrogens is 1. The number of anilines is 1. The maximum Gasteiger partial charge on any atom is 0.237 e. The van der Waals surface area contributed by atoms with Crippen molar-refractivity contribution in [3.05, 3.63) is 18.3 Å². The van der Waals surface area contributed by atoms with Gasteiger partial charge in [-0.3, -0.25) is 0 Å². The number of nitrogen functional groups attached to an aromatic ring is 1. The van der Waals surface area contributed by atoms with Crippen LogP contribution in [0.5, 0.6) is 5.88 Å². The average molecular weight is 222 g/mol. The van der Waals surface area contributed by atoms with Gasteiger partial charge in [0, 0.05) is 19.7 Å². The third-order valence-electron chi connectivity index (χ3n) is 2.99. The van der Waals surface area contributed by atoms with E-state index in [0.29, 0.717) is 17.7 Å². The van der Waals surface area contributed by atoms with Gasteiger partial charge in [-0.1, -0.05) is 0 Å². The molecule has 2 rings (SSSR count). The maximum atomic E-state index is 5.80. The topological polar surface area (TPSA) is 57.4 Å². The highest BCUT2D eigenvalue weighted by atomic mass is 16.5. The van der Waals surface area contributed by atoms with Crippen LogP contribution in [0.2, 0.25) is 0 Å². The van der Waals surface area contributed by atoms with Crippen molar-refractivity contribution in [3.8, 4) is 5.88 Å². The third-order valence-corrected chi connectivity index (χ3v) is 2.99. The van der Waals surface area contributed by atoms with Crippen LogP contribution in [0.4, 0.5) is 5.69 Å². The van der Waals surface area contributed by atoms with Gasteiger partial charge in [-0.15, -0.1) is 0 Å². The standard InChI is InChI=1S/C12H18N2O2/c1-15-9-4-2-5-10(8-9)16-12-11(13)6-3-7-14-12/h3,6-7,9-10H,2,4-5,8,13H2,1H3/t9-,10+/m0/s1. The molecule has 16 heavy (non-hydrogen) atoms. The second kappa shape index (κ2) is 5.16. The molecule has 1 fully saturated rings. The average Bonchev–Trinajstić information content (AvgIpc) is 2.32. The first-order valence-electron chi connectivity index (χ1n) is 5.69. The van der Waals surface area contributed by atoms with Crippen LogP contribution >= 0.6 is 0 Å². The largest absolute Gasteiger partial charge is 0.473 e. The number of methoxy groups -OCH3 is 1. The molecule has 0 unspecified atom stereocenters. The molecule has 0 spiro atoms. The maximum absolute atomic E-state index is 5.80. The molecule has 4 nitrogen and oxygen atoms in total. The summed E-state index contributed by atoms with van der Waals surface area (Å²) in [5.41, 5.74) is 6.39. The summed E-state index contributed by atoms with van der Waals surface area (Å²) in [5.74, 6) is 0.546. The Morgan fingerprint density at radius 3 is 2.94 bits per heavy atom. The van der Waals surface area contributed by atoms with Gasteiger partial charge in [0.1, 0.15) is 6.10 Å². The molecular weight excluding hydrogens is 204 g/mol. The fourth-order valence-electron chi connectivity index (χ4n) is 2.08. The van der Waals surface area contributed by atoms with Crippen LogP contribution in [-0.2, 0) is 4.74 Å². The summed E-state index contributed by atoms with van der Waals surface area (Å²) in [7, 11) is 1.75. The summed E-state index contributed by atoms with van der Waals surface area (Å²) in [6.45, 7) is 0. The van der Waals surface area contributed by atoms with E-state index in [-0.39, 0.29) is 6.10 Å². The molecule has 0 bridgehead atoms. The SMILES string of the molecule is CO[C@H]1CCC[C@@H](Oc2ncccc2N)C1. The molecule has 1 aromatic rings. The van der Waals surface area contributed by atoms with Crippen LogP contribution in [-0.4, -0.2) is 24.3 Å². The number of rotatable bonds is 3. The van der Waals surface area contributed by atoms with Gasteiger partial charge in [0.15, 0.2) is 0 Å². The predicted molar refractivity (Wildman–Crippen MR) is 62.3 cm³/mol. The fourth-order valence-corrected chi connectivity index (χ4v) is 2.08. The number of pyridine rings is 1. The van der Waals surface area contributed by atoms with Crippen LogP contribution in [0, 0.1) is 0 Å².